The molecule has 4 heteroatoms. The summed E-state index contributed by atoms with van der Waals surface area (Å²) in [7, 11) is -1.39. The van der Waals surface area contributed by atoms with Gasteiger partial charge in [-0.05, 0) is 57.8 Å². The second-order valence-corrected chi connectivity index (χ2v) is 19.0. The largest absolute Gasteiger partial charge is 0.408 e. The van der Waals surface area contributed by atoms with Gasteiger partial charge in [0.15, 0.2) is 0 Å². The lowest BCUT2D eigenvalue weighted by molar-refractivity contribution is 0.480. The fourth-order valence-corrected chi connectivity index (χ4v) is 7.94. The molecule has 1 aliphatic rings. The van der Waals surface area contributed by atoms with Gasteiger partial charge in [0.25, 0.3) is 0 Å². The van der Waals surface area contributed by atoms with E-state index >= 15 is 0 Å². The summed E-state index contributed by atoms with van der Waals surface area (Å²) in [5.41, 5.74) is 7.06. The molecule has 4 rings (SSSR count). The first-order valence-corrected chi connectivity index (χ1v) is 18.8. The van der Waals surface area contributed by atoms with Crippen LogP contribution in [0, 0.1) is 0 Å². The molecule has 1 aromatic heterocycles. The van der Waals surface area contributed by atoms with Crippen LogP contribution < -0.4 is 5.09 Å². The summed E-state index contributed by atoms with van der Waals surface area (Å²) < 4.78 is 14.3. The summed E-state index contributed by atoms with van der Waals surface area (Å²) in [6, 6.07) is 10.0. The van der Waals surface area contributed by atoms with Crippen molar-refractivity contribution < 1.29 is 8.39 Å². The van der Waals surface area contributed by atoms with Crippen LogP contribution in [-0.4, -0.2) is 6.04 Å². The minimum atomic E-state index is -1.39. The van der Waals surface area contributed by atoms with Crippen molar-refractivity contribution >= 4 is 30.1 Å². The Morgan fingerprint density at radius 1 is 0.500 bits per heavy atom. The van der Waals surface area contributed by atoms with Crippen LogP contribution >= 0.6 is 8.16 Å². The Hall–Kier alpha value is -1.70. The van der Waals surface area contributed by atoms with Gasteiger partial charge in [-0.2, -0.15) is 0 Å². The van der Waals surface area contributed by atoms with Crippen molar-refractivity contribution in [1.29, 1.82) is 0 Å². The second kappa shape index (κ2) is 13.6. The van der Waals surface area contributed by atoms with Crippen LogP contribution in [0.5, 0.6) is 0 Å². The molecular weight excluding hydrogens is 557 g/mol. The number of hydrogen-bond acceptors (Lipinski definition) is 3. The maximum Gasteiger partial charge on any atom is 0.307 e. The van der Waals surface area contributed by atoms with Gasteiger partial charge in [0, 0.05) is 27.9 Å². The molecule has 1 saturated carbocycles. The van der Waals surface area contributed by atoms with E-state index in [9.17, 15) is 0 Å². The lowest BCUT2D eigenvalue weighted by atomic mass is 9.77. The van der Waals surface area contributed by atoms with Crippen molar-refractivity contribution in [3.8, 4) is 0 Å². The zero-order valence-electron chi connectivity index (χ0n) is 30.4. The summed E-state index contributed by atoms with van der Waals surface area (Å²) >= 11 is 0. The van der Waals surface area contributed by atoms with Crippen LogP contribution in [-0.2, 0) is 21.7 Å². The van der Waals surface area contributed by atoms with Crippen molar-refractivity contribution in [2.75, 3.05) is 5.09 Å². The molecule has 0 atom stereocenters. The van der Waals surface area contributed by atoms with Gasteiger partial charge in [-0.1, -0.05) is 153 Å². The highest BCUT2D eigenvalue weighted by Crippen LogP contribution is 2.45. The second-order valence-electron chi connectivity index (χ2n) is 17.8. The van der Waals surface area contributed by atoms with Gasteiger partial charge < -0.3 is 8.39 Å². The lowest BCUT2D eigenvalue weighted by Gasteiger charge is -2.27. The number of nitrogens with one attached hydrogen (secondary N) is 1. The van der Waals surface area contributed by atoms with Crippen LogP contribution in [0.4, 0.5) is 0 Å². The topological polar surface area (TPSA) is 38.3 Å². The molecule has 0 bridgehead atoms. The van der Waals surface area contributed by atoms with Crippen molar-refractivity contribution in [2.24, 2.45) is 0 Å². The van der Waals surface area contributed by atoms with Crippen LogP contribution in [0.1, 0.15) is 176 Å². The van der Waals surface area contributed by atoms with E-state index in [0.717, 1.165) is 11.2 Å². The van der Waals surface area contributed by atoms with Crippen LogP contribution in [0.15, 0.2) is 32.7 Å². The predicted octanol–water partition coefficient (Wildman–Crippen LogP) is 13.7. The van der Waals surface area contributed by atoms with Crippen molar-refractivity contribution in [3.63, 3.8) is 0 Å². The highest BCUT2D eigenvalue weighted by Gasteiger charge is 2.29. The molecule has 44 heavy (non-hydrogen) atoms. The smallest absolute Gasteiger partial charge is 0.307 e. The Bertz CT molecular complexity index is 1350. The van der Waals surface area contributed by atoms with E-state index in [1.54, 1.807) is 0 Å². The van der Waals surface area contributed by atoms with E-state index < -0.39 is 8.16 Å². The standard InChI is InChI=1S/C40H64NO2P/c1-37(2,3)28-24-31-32-25-29(38(4,5)6)27-34(40(10,11)12)36(32)43-44(42-35(31)33(26-28)39(7,8)9)41-30-22-20-18-16-14-13-15-17-19-21-23-30/h24-27,30,41H,13-23H2,1-12H3. The van der Waals surface area contributed by atoms with Gasteiger partial charge in [0.1, 0.15) is 11.2 Å². The highest BCUT2D eigenvalue weighted by molar-refractivity contribution is 7.38. The van der Waals surface area contributed by atoms with E-state index in [1.807, 2.05) is 0 Å². The third kappa shape index (κ3) is 8.76. The molecule has 0 radical (unpaired) electrons. The third-order valence-electron chi connectivity index (χ3n) is 9.56. The molecule has 1 fully saturated rings. The first kappa shape index (κ1) is 35.2. The van der Waals surface area contributed by atoms with E-state index in [2.05, 4.69) is 112 Å². The molecule has 0 unspecified atom stereocenters. The summed E-state index contributed by atoms with van der Waals surface area (Å²) in [6.45, 7) is 27.8. The Balaban J connectivity index is 2.07. The molecule has 1 N–H and O–H groups in total. The number of benzene rings is 2. The fraction of sp³-hybridized carbons (Fsp3) is 0.700. The van der Waals surface area contributed by atoms with Gasteiger partial charge in [0.05, 0.1) is 0 Å². The maximum absolute atomic E-state index is 7.16. The molecular formula is C40H64NO2P. The molecule has 246 valence electrons. The molecule has 1 heterocycles. The van der Waals surface area contributed by atoms with Gasteiger partial charge >= 0.3 is 8.16 Å². The average Bonchev–Trinajstić information content (AvgIpc) is 3.03. The highest BCUT2D eigenvalue weighted by atomic mass is 31.1. The Labute approximate surface area is 270 Å². The zero-order chi connectivity index (χ0) is 32.5. The van der Waals surface area contributed by atoms with Gasteiger partial charge in [0.2, 0.25) is 0 Å². The first-order valence-electron chi connectivity index (χ1n) is 17.7. The van der Waals surface area contributed by atoms with Crippen LogP contribution in [0.3, 0.4) is 0 Å². The van der Waals surface area contributed by atoms with Gasteiger partial charge in [-0.15, -0.1) is 0 Å². The molecule has 0 saturated heterocycles. The van der Waals surface area contributed by atoms with E-state index in [-0.39, 0.29) is 21.7 Å². The molecule has 0 spiro atoms. The average molecular weight is 622 g/mol. The lowest BCUT2D eigenvalue weighted by Crippen LogP contribution is -2.18. The first-order chi connectivity index (χ1) is 20.4. The zero-order valence-corrected chi connectivity index (χ0v) is 31.3. The van der Waals surface area contributed by atoms with E-state index in [4.69, 9.17) is 8.39 Å². The summed E-state index contributed by atoms with van der Waals surface area (Å²) in [4.78, 5) is 0. The number of rotatable bonds is 2. The number of fused-ring (bicyclic) bond motifs is 3. The summed E-state index contributed by atoms with van der Waals surface area (Å²) in [5, 5.41) is 6.36. The predicted molar refractivity (Wildman–Crippen MR) is 195 cm³/mol. The molecule has 3 aromatic rings. The SMILES string of the molecule is CC(C)(C)c1cc(C(C)(C)C)c2op(NC3CCCCCCCCCCC3)oc3c(C(C)(C)C)cc(C(C)(C)C)cc3c2c1. The van der Waals surface area contributed by atoms with Crippen LogP contribution in [0.2, 0.25) is 0 Å². The van der Waals surface area contributed by atoms with Gasteiger partial charge in [-0.25, -0.2) is 5.09 Å². The molecule has 1 aliphatic carbocycles. The monoisotopic (exact) mass is 621 g/mol. The van der Waals surface area contributed by atoms with Crippen molar-refractivity contribution in [2.45, 2.75) is 181 Å². The summed E-state index contributed by atoms with van der Waals surface area (Å²) in [5.74, 6) is 0. The number of hydrogen-bond donors (Lipinski definition) is 1. The van der Waals surface area contributed by atoms with Crippen molar-refractivity contribution in [3.05, 3.63) is 46.5 Å². The molecule has 2 aromatic carbocycles. The minimum Gasteiger partial charge on any atom is -0.408 e. The molecule has 0 amide bonds. The van der Waals surface area contributed by atoms with E-state index in [0.29, 0.717) is 6.04 Å². The quantitative estimate of drug-likeness (QED) is 0.309. The minimum absolute atomic E-state index is 0.00745. The molecule has 0 aliphatic heterocycles. The van der Waals surface area contributed by atoms with Gasteiger partial charge in [-0.3, -0.25) is 0 Å². The van der Waals surface area contributed by atoms with E-state index in [1.165, 1.54) is 104 Å². The normalized spacial score (nSPS) is 17.5. The Morgan fingerprint density at radius 3 is 1.16 bits per heavy atom. The fourth-order valence-electron chi connectivity index (χ4n) is 6.51. The maximum atomic E-state index is 7.16. The van der Waals surface area contributed by atoms with Crippen molar-refractivity contribution in [1.82, 2.24) is 0 Å². The summed E-state index contributed by atoms with van der Waals surface area (Å²) in [6.07, 6.45) is 14.5. The van der Waals surface area contributed by atoms with Crippen LogP contribution in [0.25, 0.3) is 21.9 Å². The molecule has 3 nitrogen and oxygen atoms in total. The Morgan fingerprint density at radius 2 is 0.841 bits per heavy atom. The Kier molecular flexibility index (Phi) is 10.8. The third-order valence-corrected chi connectivity index (χ3v) is 10.8.